The second kappa shape index (κ2) is 7.79. The molecule has 2 aromatic rings. The van der Waals surface area contributed by atoms with E-state index in [0.29, 0.717) is 11.3 Å². The number of hydrogen-bond donors (Lipinski definition) is 0. The lowest BCUT2D eigenvalue weighted by Gasteiger charge is -2.25. The van der Waals surface area contributed by atoms with Crippen molar-refractivity contribution in [2.24, 2.45) is 0 Å². The number of rotatable bonds is 6. The summed E-state index contributed by atoms with van der Waals surface area (Å²) in [6.07, 6.45) is 0. The molecule has 0 unspecified atom stereocenters. The summed E-state index contributed by atoms with van der Waals surface area (Å²) in [5, 5.41) is 10.9. The first kappa shape index (κ1) is 18.4. The van der Waals surface area contributed by atoms with E-state index >= 15 is 0 Å². The molecule has 0 N–H and O–H groups in total. The minimum absolute atomic E-state index is 0.0108. The average Bonchev–Trinajstić information content (AvgIpc) is 2.57. The molecule has 1 amide bonds. The van der Waals surface area contributed by atoms with E-state index in [1.165, 1.54) is 17.0 Å². The summed E-state index contributed by atoms with van der Waals surface area (Å²) in [5.41, 5.74) is 2.86. The van der Waals surface area contributed by atoms with Crippen molar-refractivity contribution in [2.75, 3.05) is 13.7 Å². The van der Waals surface area contributed by atoms with Crippen molar-refractivity contribution in [1.82, 2.24) is 4.90 Å². The van der Waals surface area contributed by atoms with Gasteiger partial charge < -0.3 is 9.64 Å². The third-order valence-electron chi connectivity index (χ3n) is 4.10. The molecule has 0 spiro atoms. The van der Waals surface area contributed by atoms with Crippen molar-refractivity contribution in [3.63, 3.8) is 0 Å². The maximum Gasteiger partial charge on any atom is 0.269 e. The highest BCUT2D eigenvalue weighted by molar-refractivity contribution is 5.78. The standard InChI is InChI=1S/C19H22N2O4/c1-13-8-14(2)10-18(9-13)25-12-19(22)20(4)15(3)16-6-5-7-17(11-16)21(23)24/h5-11,15H,12H2,1-4H3/t15-/m1/s1. The van der Waals surface area contributed by atoms with E-state index in [1.807, 2.05) is 39.0 Å². The van der Waals surface area contributed by atoms with Crippen LogP contribution in [0, 0.1) is 24.0 Å². The maximum atomic E-state index is 12.4. The number of likely N-dealkylation sites (N-methyl/N-ethyl adjacent to an activating group) is 1. The number of amides is 1. The van der Waals surface area contributed by atoms with Crippen molar-refractivity contribution in [2.45, 2.75) is 26.8 Å². The van der Waals surface area contributed by atoms with Crippen LogP contribution >= 0.6 is 0 Å². The summed E-state index contributed by atoms with van der Waals surface area (Å²) in [4.78, 5) is 24.4. The van der Waals surface area contributed by atoms with Crippen molar-refractivity contribution in [3.8, 4) is 5.75 Å². The van der Waals surface area contributed by atoms with Gasteiger partial charge in [0.05, 0.1) is 11.0 Å². The lowest BCUT2D eigenvalue weighted by Crippen LogP contribution is -2.33. The number of nitro benzene ring substituents is 1. The van der Waals surface area contributed by atoms with Crippen molar-refractivity contribution in [3.05, 3.63) is 69.3 Å². The molecule has 0 aromatic heterocycles. The van der Waals surface area contributed by atoms with Crippen LogP contribution in [0.4, 0.5) is 5.69 Å². The number of hydrogen-bond acceptors (Lipinski definition) is 4. The lowest BCUT2D eigenvalue weighted by molar-refractivity contribution is -0.384. The maximum absolute atomic E-state index is 12.4. The third-order valence-corrected chi connectivity index (χ3v) is 4.10. The summed E-state index contributed by atoms with van der Waals surface area (Å²) in [5.74, 6) is 0.459. The predicted octanol–water partition coefficient (Wildman–Crippen LogP) is 3.81. The van der Waals surface area contributed by atoms with Crippen LogP contribution in [-0.4, -0.2) is 29.4 Å². The number of carbonyl (C=O) groups excluding carboxylic acids is 1. The van der Waals surface area contributed by atoms with E-state index in [-0.39, 0.29) is 24.2 Å². The van der Waals surface area contributed by atoms with Crippen LogP contribution in [0.3, 0.4) is 0 Å². The predicted molar refractivity (Wildman–Crippen MR) is 95.7 cm³/mol. The Bertz CT molecular complexity index is 768. The molecule has 0 saturated heterocycles. The number of non-ortho nitro benzene ring substituents is 1. The Kier molecular flexibility index (Phi) is 5.75. The molecule has 0 aliphatic heterocycles. The van der Waals surface area contributed by atoms with E-state index in [1.54, 1.807) is 19.2 Å². The highest BCUT2D eigenvalue weighted by Crippen LogP contribution is 2.23. The summed E-state index contributed by atoms with van der Waals surface area (Å²) in [6.45, 7) is 5.68. The molecule has 25 heavy (non-hydrogen) atoms. The van der Waals surface area contributed by atoms with Gasteiger partial charge >= 0.3 is 0 Å². The smallest absolute Gasteiger partial charge is 0.269 e. The molecule has 0 fully saturated rings. The van der Waals surface area contributed by atoms with Crippen LogP contribution in [-0.2, 0) is 4.79 Å². The Balaban J connectivity index is 2.03. The summed E-state index contributed by atoms with van der Waals surface area (Å²) in [7, 11) is 1.66. The summed E-state index contributed by atoms with van der Waals surface area (Å²) < 4.78 is 5.60. The van der Waals surface area contributed by atoms with E-state index in [9.17, 15) is 14.9 Å². The van der Waals surface area contributed by atoms with Crippen LogP contribution in [0.25, 0.3) is 0 Å². The van der Waals surface area contributed by atoms with Gasteiger partial charge in [-0.15, -0.1) is 0 Å². The normalized spacial score (nSPS) is 11.7. The number of nitrogens with zero attached hydrogens (tertiary/aromatic N) is 2. The highest BCUT2D eigenvalue weighted by atomic mass is 16.6. The van der Waals surface area contributed by atoms with Gasteiger partial charge in [0.15, 0.2) is 6.61 Å². The van der Waals surface area contributed by atoms with Gasteiger partial charge in [-0.2, -0.15) is 0 Å². The molecule has 2 rings (SSSR count). The molecular weight excluding hydrogens is 320 g/mol. The van der Waals surface area contributed by atoms with Crippen LogP contribution in [0.5, 0.6) is 5.75 Å². The first-order valence-corrected chi connectivity index (χ1v) is 7.99. The number of ether oxygens (including phenoxy) is 1. The Morgan fingerprint density at radius 3 is 2.44 bits per heavy atom. The molecular formula is C19H22N2O4. The second-order valence-corrected chi connectivity index (χ2v) is 6.14. The van der Waals surface area contributed by atoms with Crippen molar-refractivity contribution < 1.29 is 14.5 Å². The van der Waals surface area contributed by atoms with Gasteiger partial charge in [0.1, 0.15) is 5.75 Å². The zero-order chi connectivity index (χ0) is 18.6. The quantitative estimate of drug-likeness (QED) is 0.591. The largest absolute Gasteiger partial charge is 0.484 e. The van der Waals surface area contributed by atoms with Gasteiger partial charge in [-0.05, 0) is 49.6 Å². The molecule has 6 nitrogen and oxygen atoms in total. The van der Waals surface area contributed by atoms with Crippen molar-refractivity contribution in [1.29, 1.82) is 0 Å². The molecule has 132 valence electrons. The molecule has 0 aliphatic rings. The monoisotopic (exact) mass is 342 g/mol. The summed E-state index contributed by atoms with van der Waals surface area (Å²) >= 11 is 0. The van der Waals surface area contributed by atoms with Gasteiger partial charge in [-0.1, -0.05) is 18.2 Å². The van der Waals surface area contributed by atoms with E-state index < -0.39 is 4.92 Å². The van der Waals surface area contributed by atoms with Crippen LogP contribution < -0.4 is 4.74 Å². The number of benzene rings is 2. The third kappa shape index (κ3) is 4.79. The Morgan fingerprint density at radius 1 is 1.20 bits per heavy atom. The molecule has 1 atom stereocenters. The molecule has 0 radical (unpaired) electrons. The SMILES string of the molecule is Cc1cc(C)cc(OCC(=O)N(C)[C@H](C)c2cccc([N+](=O)[O-])c2)c1. The molecule has 0 heterocycles. The van der Waals surface area contributed by atoms with E-state index in [2.05, 4.69) is 0 Å². The lowest BCUT2D eigenvalue weighted by atomic mass is 10.1. The molecule has 0 aliphatic carbocycles. The van der Waals surface area contributed by atoms with Gasteiger partial charge in [-0.3, -0.25) is 14.9 Å². The molecule has 0 bridgehead atoms. The topological polar surface area (TPSA) is 72.7 Å². The van der Waals surface area contributed by atoms with E-state index in [4.69, 9.17) is 4.74 Å². The first-order valence-electron chi connectivity index (χ1n) is 7.99. The Labute approximate surface area is 147 Å². The fourth-order valence-electron chi connectivity index (χ4n) is 2.60. The fourth-order valence-corrected chi connectivity index (χ4v) is 2.60. The molecule has 2 aromatic carbocycles. The van der Waals surface area contributed by atoms with Gasteiger partial charge in [0, 0.05) is 19.2 Å². The number of carbonyl (C=O) groups is 1. The number of nitro groups is 1. The highest BCUT2D eigenvalue weighted by Gasteiger charge is 2.19. The molecule has 6 heteroatoms. The number of aryl methyl sites for hydroxylation is 2. The second-order valence-electron chi connectivity index (χ2n) is 6.14. The van der Waals surface area contributed by atoms with Gasteiger partial charge in [0.25, 0.3) is 11.6 Å². The minimum atomic E-state index is -0.443. The van der Waals surface area contributed by atoms with Crippen LogP contribution in [0.15, 0.2) is 42.5 Å². The van der Waals surface area contributed by atoms with Crippen LogP contribution in [0.1, 0.15) is 29.7 Å². The Morgan fingerprint density at radius 2 is 1.84 bits per heavy atom. The van der Waals surface area contributed by atoms with Crippen LogP contribution in [0.2, 0.25) is 0 Å². The Hall–Kier alpha value is -2.89. The van der Waals surface area contributed by atoms with E-state index in [0.717, 1.165) is 11.1 Å². The van der Waals surface area contributed by atoms with Gasteiger partial charge in [0.2, 0.25) is 0 Å². The molecule has 0 saturated carbocycles. The zero-order valence-electron chi connectivity index (χ0n) is 14.9. The summed E-state index contributed by atoms with van der Waals surface area (Å²) in [6, 6.07) is 11.8. The first-order chi connectivity index (χ1) is 11.8. The fraction of sp³-hybridized carbons (Fsp3) is 0.316. The average molecular weight is 342 g/mol. The van der Waals surface area contributed by atoms with Crippen molar-refractivity contribution >= 4 is 11.6 Å². The minimum Gasteiger partial charge on any atom is -0.484 e. The zero-order valence-corrected chi connectivity index (χ0v) is 14.9. The van der Waals surface area contributed by atoms with Gasteiger partial charge in [-0.25, -0.2) is 0 Å².